The van der Waals surface area contributed by atoms with Crippen molar-refractivity contribution >= 4 is 6.03 Å². The molecule has 0 unspecified atom stereocenters. The Morgan fingerprint density at radius 3 is 2.67 bits per heavy atom. The van der Waals surface area contributed by atoms with Crippen molar-refractivity contribution in [3.63, 3.8) is 0 Å². The molecular formula is C21H28N4O2. The minimum Gasteiger partial charge on any atom is -0.496 e. The van der Waals surface area contributed by atoms with Crippen LogP contribution in [0.15, 0.2) is 48.8 Å². The van der Waals surface area contributed by atoms with E-state index < -0.39 is 0 Å². The monoisotopic (exact) mass is 368 g/mol. The average Bonchev–Trinajstić information content (AvgIpc) is 2.72. The molecule has 0 atom stereocenters. The van der Waals surface area contributed by atoms with E-state index in [1.165, 1.54) is 5.56 Å². The topological polar surface area (TPSA) is 66.5 Å². The highest BCUT2D eigenvalue weighted by Gasteiger charge is 2.20. The largest absolute Gasteiger partial charge is 0.496 e. The maximum Gasteiger partial charge on any atom is 0.315 e. The number of benzene rings is 1. The standard InChI is InChI=1S/C21H28N4O2/c1-27-20-5-3-2-4-18(20)16-23-21(26)24-19-9-14-25(15-10-19)13-8-17-6-11-22-12-7-17/h2-7,11-12,19H,8-10,13-16H2,1H3,(H2,23,24,26). The normalized spacial score (nSPS) is 15.3. The number of nitrogens with one attached hydrogen (secondary N) is 2. The predicted molar refractivity (Wildman–Crippen MR) is 106 cm³/mol. The average molecular weight is 368 g/mol. The van der Waals surface area contributed by atoms with E-state index in [4.69, 9.17) is 4.74 Å². The van der Waals surface area contributed by atoms with Crippen molar-refractivity contribution in [1.82, 2.24) is 20.5 Å². The van der Waals surface area contributed by atoms with Crippen LogP contribution in [0.4, 0.5) is 4.79 Å². The van der Waals surface area contributed by atoms with E-state index in [1.54, 1.807) is 7.11 Å². The summed E-state index contributed by atoms with van der Waals surface area (Å²) < 4.78 is 5.31. The summed E-state index contributed by atoms with van der Waals surface area (Å²) in [4.78, 5) is 18.7. The molecule has 1 fully saturated rings. The van der Waals surface area contributed by atoms with Gasteiger partial charge >= 0.3 is 6.03 Å². The Bertz CT molecular complexity index is 715. The molecule has 27 heavy (non-hydrogen) atoms. The Morgan fingerprint density at radius 2 is 1.93 bits per heavy atom. The number of hydrogen-bond acceptors (Lipinski definition) is 4. The summed E-state index contributed by atoms with van der Waals surface area (Å²) in [6.07, 6.45) is 6.70. The first kappa shape index (κ1) is 19.2. The third-order valence-electron chi connectivity index (χ3n) is 5.02. The lowest BCUT2D eigenvalue weighted by Gasteiger charge is -2.32. The molecule has 1 aliphatic heterocycles. The fourth-order valence-electron chi connectivity index (χ4n) is 3.40. The summed E-state index contributed by atoms with van der Waals surface area (Å²) >= 11 is 0. The minimum absolute atomic E-state index is 0.115. The Balaban J connectivity index is 1.35. The Kier molecular flexibility index (Phi) is 7.04. The summed E-state index contributed by atoms with van der Waals surface area (Å²) in [5.41, 5.74) is 2.29. The van der Waals surface area contributed by atoms with Crippen LogP contribution in [-0.4, -0.2) is 48.7 Å². The van der Waals surface area contributed by atoms with Gasteiger partial charge in [0.2, 0.25) is 0 Å². The molecule has 2 N–H and O–H groups in total. The number of pyridine rings is 1. The van der Waals surface area contributed by atoms with Gasteiger partial charge in [0.1, 0.15) is 5.75 Å². The third kappa shape index (κ3) is 5.96. The molecule has 0 aliphatic carbocycles. The number of methoxy groups -OCH3 is 1. The van der Waals surface area contributed by atoms with Gasteiger partial charge in [-0.05, 0) is 43.0 Å². The second-order valence-electron chi connectivity index (χ2n) is 6.86. The second kappa shape index (κ2) is 9.92. The molecule has 2 amide bonds. The van der Waals surface area contributed by atoms with Gasteiger partial charge in [-0.2, -0.15) is 0 Å². The summed E-state index contributed by atoms with van der Waals surface area (Å²) in [5, 5.41) is 6.02. The van der Waals surface area contributed by atoms with E-state index in [0.717, 1.165) is 50.2 Å². The molecule has 0 spiro atoms. The van der Waals surface area contributed by atoms with Gasteiger partial charge in [-0.1, -0.05) is 18.2 Å². The van der Waals surface area contributed by atoms with Gasteiger partial charge in [0, 0.05) is 50.2 Å². The molecule has 1 aromatic heterocycles. The van der Waals surface area contributed by atoms with Gasteiger partial charge in [0.15, 0.2) is 0 Å². The van der Waals surface area contributed by atoms with Crippen molar-refractivity contribution in [2.45, 2.75) is 31.8 Å². The van der Waals surface area contributed by atoms with Gasteiger partial charge in [0.25, 0.3) is 0 Å². The zero-order valence-electron chi connectivity index (χ0n) is 15.9. The number of para-hydroxylation sites is 1. The van der Waals surface area contributed by atoms with Crippen molar-refractivity contribution in [3.8, 4) is 5.75 Å². The molecule has 144 valence electrons. The van der Waals surface area contributed by atoms with Crippen molar-refractivity contribution in [1.29, 1.82) is 0 Å². The number of nitrogens with zero attached hydrogens (tertiary/aromatic N) is 2. The number of aromatic nitrogens is 1. The lowest BCUT2D eigenvalue weighted by Crippen LogP contribution is -2.48. The number of urea groups is 1. The molecule has 6 heteroatoms. The van der Waals surface area contributed by atoms with Crippen molar-refractivity contribution in [3.05, 3.63) is 59.9 Å². The zero-order valence-corrected chi connectivity index (χ0v) is 15.9. The number of carbonyl (C=O) groups excluding carboxylic acids is 1. The lowest BCUT2D eigenvalue weighted by atomic mass is 10.0. The molecule has 2 aromatic rings. The first-order valence-electron chi connectivity index (χ1n) is 9.52. The molecule has 0 saturated carbocycles. The Labute approximate surface area is 160 Å². The van der Waals surface area contributed by atoms with E-state index >= 15 is 0 Å². The minimum atomic E-state index is -0.115. The van der Waals surface area contributed by atoms with E-state index in [1.807, 2.05) is 36.7 Å². The highest BCUT2D eigenvalue weighted by molar-refractivity contribution is 5.74. The summed E-state index contributed by atoms with van der Waals surface area (Å²) in [6, 6.07) is 12.0. The van der Waals surface area contributed by atoms with E-state index in [2.05, 4.69) is 32.7 Å². The van der Waals surface area contributed by atoms with Crippen LogP contribution >= 0.6 is 0 Å². The molecule has 1 saturated heterocycles. The number of hydrogen-bond donors (Lipinski definition) is 2. The first-order chi connectivity index (χ1) is 13.2. The quantitative estimate of drug-likeness (QED) is 0.788. The van der Waals surface area contributed by atoms with E-state index in [9.17, 15) is 4.79 Å². The fourth-order valence-corrected chi connectivity index (χ4v) is 3.40. The first-order valence-corrected chi connectivity index (χ1v) is 9.52. The molecule has 3 rings (SSSR count). The van der Waals surface area contributed by atoms with Crippen LogP contribution < -0.4 is 15.4 Å². The molecule has 2 heterocycles. The smallest absolute Gasteiger partial charge is 0.315 e. The summed E-state index contributed by atoms with van der Waals surface area (Å²) in [5.74, 6) is 0.792. The van der Waals surface area contributed by atoms with Crippen LogP contribution in [0.25, 0.3) is 0 Å². The molecular weight excluding hydrogens is 340 g/mol. The SMILES string of the molecule is COc1ccccc1CNC(=O)NC1CCN(CCc2ccncc2)CC1. The number of carbonyl (C=O) groups is 1. The van der Waals surface area contributed by atoms with Crippen molar-refractivity contribution < 1.29 is 9.53 Å². The Hall–Kier alpha value is -2.60. The number of amides is 2. The second-order valence-corrected chi connectivity index (χ2v) is 6.86. The van der Waals surface area contributed by atoms with E-state index in [0.29, 0.717) is 6.54 Å². The number of rotatable bonds is 7. The highest BCUT2D eigenvalue weighted by atomic mass is 16.5. The fraction of sp³-hybridized carbons (Fsp3) is 0.429. The number of piperidine rings is 1. The number of likely N-dealkylation sites (tertiary alicyclic amines) is 1. The molecule has 0 radical (unpaired) electrons. The van der Waals surface area contributed by atoms with Crippen molar-refractivity contribution in [2.75, 3.05) is 26.7 Å². The Morgan fingerprint density at radius 1 is 1.19 bits per heavy atom. The van der Waals surface area contributed by atoms with Crippen LogP contribution in [0.5, 0.6) is 5.75 Å². The number of ether oxygens (including phenoxy) is 1. The van der Waals surface area contributed by atoms with Crippen LogP contribution in [0.1, 0.15) is 24.0 Å². The molecule has 6 nitrogen and oxygen atoms in total. The molecule has 1 aromatic carbocycles. The zero-order chi connectivity index (χ0) is 18.9. The summed E-state index contributed by atoms with van der Waals surface area (Å²) in [6.45, 7) is 3.54. The van der Waals surface area contributed by atoms with Crippen LogP contribution in [0, 0.1) is 0 Å². The summed E-state index contributed by atoms with van der Waals surface area (Å²) in [7, 11) is 1.64. The maximum absolute atomic E-state index is 12.2. The van der Waals surface area contributed by atoms with E-state index in [-0.39, 0.29) is 12.1 Å². The van der Waals surface area contributed by atoms with Gasteiger partial charge < -0.3 is 20.3 Å². The highest BCUT2D eigenvalue weighted by Crippen LogP contribution is 2.16. The third-order valence-corrected chi connectivity index (χ3v) is 5.02. The molecule has 1 aliphatic rings. The van der Waals surface area contributed by atoms with Crippen LogP contribution in [-0.2, 0) is 13.0 Å². The van der Waals surface area contributed by atoms with Gasteiger partial charge in [-0.3, -0.25) is 4.98 Å². The maximum atomic E-state index is 12.2. The van der Waals surface area contributed by atoms with Gasteiger partial charge in [-0.25, -0.2) is 4.79 Å². The van der Waals surface area contributed by atoms with Gasteiger partial charge in [-0.15, -0.1) is 0 Å². The lowest BCUT2D eigenvalue weighted by molar-refractivity contribution is 0.193. The van der Waals surface area contributed by atoms with Crippen LogP contribution in [0.2, 0.25) is 0 Å². The van der Waals surface area contributed by atoms with Crippen LogP contribution in [0.3, 0.4) is 0 Å². The van der Waals surface area contributed by atoms with Gasteiger partial charge in [0.05, 0.1) is 7.11 Å². The predicted octanol–water partition coefficient (Wildman–Crippen LogP) is 2.60. The molecule has 0 bridgehead atoms. The van der Waals surface area contributed by atoms with Crippen molar-refractivity contribution in [2.24, 2.45) is 0 Å².